The summed E-state index contributed by atoms with van der Waals surface area (Å²) < 4.78 is 1.36. The first-order valence-corrected chi connectivity index (χ1v) is 14.4. The minimum Gasteiger partial charge on any atom is -0.138 e. The lowest BCUT2D eigenvalue weighted by atomic mass is 9.73. The van der Waals surface area contributed by atoms with E-state index in [1.165, 1.54) is 70.6 Å². The molecule has 1 aromatic heterocycles. The lowest BCUT2D eigenvalue weighted by Gasteiger charge is -2.29. The number of thiophene rings is 1. The van der Waals surface area contributed by atoms with Crippen molar-refractivity contribution >= 4 is 39.7 Å². The van der Waals surface area contributed by atoms with Gasteiger partial charge in [-0.15, -0.1) is 11.3 Å². The van der Waals surface area contributed by atoms with Gasteiger partial charge in [0.05, 0.1) is 5.41 Å². The Morgan fingerprint density at radius 2 is 1.21 bits per heavy atom. The summed E-state index contributed by atoms with van der Waals surface area (Å²) in [5.74, 6) is 0. The molecule has 0 unspecified atom stereocenters. The quantitative estimate of drug-likeness (QED) is 0.206. The Balaban J connectivity index is 1.42. The van der Waals surface area contributed by atoms with Gasteiger partial charge >= 0.3 is 0 Å². The van der Waals surface area contributed by atoms with Crippen LogP contribution < -0.4 is 0 Å². The summed E-state index contributed by atoms with van der Waals surface area (Å²) in [7, 11) is 0. The Kier molecular flexibility index (Phi) is 4.92. The molecule has 2 aliphatic carbocycles. The van der Waals surface area contributed by atoms with E-state index in [1.807, 2.05) is 11.3 Å². The molecule has 0 radical (unpaired) electrons. The van der Waals surface area contributed by atoms with Crippen LogP contribution in [0.25, 0.3) is 50.6 Å². The second-order valence-electron chi connectivity index (χ2n) is 10.4. The molecule has 5 aromatic carbocycles. The molecule has 0 saturated carbocycles. The third kappa shape index (κ3) is 3.05. The van der Waals surface area contributed by atoms with E-state index in [4.69, 9.17) is 0 Å². The molecule has 0 saturated heterocycles. The van der Waals surface area contributed by atoms with Crippen LogP contribution in [0.1, 0.15) is 45.2 Å². The van der Waals surface area contributed by atoms with Crippen LogP contribution >= 0.6 is 11.3 Å². The van der Waals surface area contributed by atoms with Crippen molar-refractivity contribution in [3.05, 3.63) is 160 Å². The molecule has 184 valence electrons. The van der Waals surface area contributed by atoms with Crippen molar-refractivity contribution in [1.82, 2.24) is 0 Å². The van der Waals surface area contributed by atoms with E-state index in [9.17, 15) is 0 Å². The fourth-order valence-electron chi connectivity index (χ4n) is 6.84. The predicted octanol–water partition coefficient (Wildman–Crippen LogP) is 10.4. The number of allylic oxidation sites excluding steroid dienone is 1. The van der Waals surface area contributed by atoms with Crippen molar-refractivity contribution < 1.29 is 0 Å². The molecular formula is C38H26S. The first-order valence-electron chi connectivity index (χ1n) is 13.6. The van der Waals surface area contributed by atoms with Gasteiger partial charge in [0.15, 0.2) is 0 Å². The van der Waals surface area contributed by atoms with Crippen LogP contribution in [0.4, 0.5) is 0 Å². The lowest BCUT2D eigenvalue weighted by molar-refractivity contribution is 0.811. The zero-order chi connectivity index (χ0) is 26.0. The van der Waals surface area contributed by atoms with Gasteiger partial charge in [0.2, 0.25) is 0 Å². The van der Waals surface area contributed by atoms with Gasteiger partial charge in [-0.05, 0) is 69.1 Å². The van der Waals surface area contributed by atoms with Crippen molar-refractivity contribution in [1.29, 1.82) is 0 Å². The van der Waals surface area contributed by atoms with Gasteiger partial charge in [0.25, 0.3) is 0 Å². The fraction of sp³-hybridized carbons (Fsp3) is 0.0526. The van der Waals surface area contributed by atoms with E-state index in [0.717, 1.165) is 0 Å². The van der Waals surface area contributed by atoms with Crippen molar-refractivity contribution in [2.24, 2.45) is 0 Å². The van der Waals surface area contributed by atoms with E-state index in [2.05, 4.69) is 146 Å². The second-order valence-corrected chi connectivity index (χ2v) is 11.5. The Hall–Kier alpha value is -4.46. The Morgan fingerprint density at radius 3 is 1.95 bits per heavy atom. The first-order chi connectivity index (χ1) is 19.3. The molecule has 0 bridgehead atoms. The minimum absolute atomic E-state index is 0.297. The van der Waals surface area contributed by atoms with Gasteiger partial charge in [-0.2, -0.15) is 0 Å². The summed E-state index contributed by atoms with van der Waals surface area (Å²) in [6.45, 7) is 2.07. The zero-order valence-corrected chi connectivity index (χ0v) is 22.5. The van der Waals surface area contributed by atoms with Crippen LogP contribution in [0.3, 0.4) is 0 Å². The third-order valence-electron chi connectivity index (χ3n) is 8.40. The molecule has 1 heteroatoms. The molecule has 0 N–H and O–H groups in total. The Morgan fingerprint density at radius 1 is 0.564 bits per heavy atom. The first kappa shape index (κ1) is 22.5. The molecule has 1 spiro atoms. The smallest absolute Gasteiger partial charge is 0.0819 e. The summed E-state index contributed by atoms with van der Waals surface area (Å²) in [5, 5.41) is 1.36. The highest BCUT2D eigenvalue weighted by Crippen LogP contribution is 2.65. The molecule has 39 heavy (non-hydrogen) atoms. The molecule has 0 amide bonds. The fourth-order valence-corrected chi connectivity index (χ4v) is 8.29. The highest BCUT2D eigenvalue weighted by molar-refractivity contribution is 7.20. The van der Waals surface area contributed by atoms with E-state index < -0.39 is 0 Å². The molecular weight excluding hydrogens is 488 g/mol. The Labute approximate surface area is 233 Å². The highest BCUT2D eigenvalue weighted by Gasteiger charge is 2.53. The molecule has 0 aliphatic heterocycles. The predicted molar refractivity (Wildman–Crippen MR) is 168 cm³/mol. The van der Waals surface area contributed by atoms with Crippen molar-refractivity contribution in [3.8, 4) is 22.3 Å². The topological polar surface area (TPSA) is 0 Å². The highest BCUT2D eigenvalue weighted by atomic mass is 32.1. The summed E-state index contributed by atoms with van der Waals surface area (Å²) in [4.78, 5) is 1.45. The van der Waals surface area contributed by atoms with Gasteiger partial charge in [-0.25, -0.2) is 0 Å². The monoisotopic (exact) mass is 514 g/mol. The zero-order valence-electron chi connectivity index (χ0n) is 21.7. The van der Waals surface area contributed by atoms with Crippen LogP contribution in [0, 0.1) is 0 Å². The molecule has 0 nitrogen and oxygen atoms in total. The van der Waals surface area contributed by atoms with E-state index >= 15 is 0 Å². The van der Waals surface area contributed by atoms with E-state index in [1.54, 1.807) is 0 Å². The second kappa shape index (κ2) is 8.53. The maximum atomic E-state index is 2.45. The number of rotatable bonds is 3. The standard InChI is InChI=1S/C38H26S/c1-2-11-26-12-3-4-13-27(26)22-20-25-21-23-30-34(24-25)38(37-36(30)31-16-7-10-19-35(31)39-37)32-17-8-5-14-28(32)29-15-6-9-18-33(29)38/h2-24H,1H3/b11-2+,22-20-. The average molecular weight is 515 g/mol. The van der Waals surface area contributed by atoms with Crippen LogP contribution in [0.15, 0.2) is 121 Å². The normalized spacial score (nSPS) is 14.3. The van der Waals surface area contributed by atoms with E-state index in [-0.39, 0.29) is 5.41 Å². The van der Waals surface area contributed by atoms with Crippen LogP contribution in [0.5, 0.6) is 0 Å². The molecule has 8 rings (SSSR count). The lowest BCUT2D eigenvalue weighted by Crippen LogP contribution is -2.25. The number of benzene rings is 5. The van der Waals surface area contributed by atoms with Gasteiger partial charge in [0, 0.05) is 20.5 Å². The SMILES string of the molecule is C/C=C/c1ccccc1/C=C\c1ccc2c(c1)C1(c3ccccc3-c3ccccc31)c1sc3ccccc3c1-2. The van der Waals surface area contributed by atoms with Crippen molar-refractivity contribution in [3.63, 3.8) is 0 Å². The van der Waals surface area contributed by atoms with Gasteiger partial charge in [-0.1, -0.05) is 127 Å². The number of hydrogen-bond acceptors (Lipinski definition) is 1. The minimum atomic E-state index is -0.297. The summed E-state index contributed by atoms with van der Waals surface area (Å²) >= 11 is 1.96. The molecule has 1 heterocycles. The van der Waals surface area contributed by atoms with E-state index in [0.29, 0.717) is 0 Å². The molecule has 2 aliphatic rings. The Bertz CT molecular complexity index is 1930. The number of hydrogen-bond donors (Lipinski definition) is 0. The summed E-state index contributed by atoms with van der Waals surface area (Å²) in [6.07, 6.45) is 8.80. The third-order valence-corrected chi connectivity index (χ3v) is 9.69. The van der Waals surface area contributed by atoms with Crippen LogP contribution in [0.2, 0.25) is 0 Å². The van der Waals surface area contributed by atoms with Crippen molar-refractivity contribution in [2.75, 3.05) is 0 Å². The van der Waals surface area contributed by atoms with Gasteiger partial charge in [0.1, 0.15) is 0 Å². The van der Waals surface area contributed by atoms with Gasteiger partial charge < -0.3 is 0 Å². The summed E-state index contributed by atoms with van der Waals surface area (Å²) in [5.41, 5.74) is 13.1. The average Bonchev–Trinajstić information content (AvgIpc) is 3.60. The molecule has 0 fully saturated rings. The maximum Gasteiger partial charge on any atom is 0.0819 e. The molecule has 6 aromatic rings. The summed E-state index contributed by atoms with van der Waals surface area (Å²) in [6, 6.07) is 42.7. The van der Waals surface area contributed by atoms with Crippen molar-refractivity contribution in [2.45, 2.75) is 12.3 Å². The molecule has 0 atom stereocenters. The van der Waals surface area contributed by atoms with Crippen LogP contribution in [-0.2, 0) is 5.41 Å². The van der Waals surface area contributed by atoms with Crippen LogP contribution in [-0.4, -0.2) is 0 Å². The maximum absolute atomic E-state index is 2.45. The van der Waals surface area contributed by atoms with Gasteiger partial charge in [-0.3, -0.25) is 0 Å². The largest absolute Gasteiger partial charge is 0.138 e. The number of fused-ring (bicyclic) bond motifs is 12.